The maximum Gasteiger partial charge on any atom is 0.138 e. The van der Waals surface area contributed by atoms with Gasteiger partial charge in [-0.15, -0.1) is 0 Å². The molecule has 0 atom stereocenters. The van der Waals surface area contributed by atoms with Gasteiger partial charge in [-0.2, -0.15) is 0 Å². The SMILES string of the molecule is c1ccc(Cc2c(-c3ccccc3)oc3cc4ccccc4cc23)cc1. The summed E-state index contributed by atoms with van der Waals surface area (Å²) in [5, 5.41) is 3.65. The summed E-state index contributed by atoms with van der Waals surface area (Å²) >= 11 is 0. The van der Waals surface area contributed by atoms with E-state index in [1.165, 1.54) is 27.3 Å². The molecule has 0 aliphatic carbocycles. The fourth-order valence-corrected chi connectivity index (χ4v) is 3.63. The van der Waals surface area contributed by atoms with Gasteiger partial charge >= 0.3 is 0 Å². The molecular formula is C25H18O. The second-order valence-corrected chi connectivity index (χ2v) is 6.63. The second-order valence-electron chi connectivity index (χ2n) is 6.63. The van der Waals surface area contributed by atoms with Gasteiger partial charge in [0, 0.05) is 22.9 Å². The standard InChI is InChI=1S/C25H18O/c1-3-9-18(10-4-1)15-23-22-16-20-13-7-8-14-21(20)17-24(22)26-25(23)19-11-5-2-6-12-19/h1-14,16-17H,15H2. The predicted octanol–water partition coefficient (Wildman–Crippen LogP) is 6.84. The Labute approximate surface area is 152 Å². The average Bonchev–Trinajstić information content (AvgIpc) is 3.05. The molecule has 5 rings (SSSR count). The first-order valence-electron chi connectivity index (χ1n) is 8.92. The van der Waals surface area contributed by atoms with Gasteiger partial charge < -0.3 is 4.42 Å². The fourth-order valence-electron chi connectivity index (χ4n) is 3.63. The minimum atomic E-state index is 0.858. The van der Waals surface area contributed by atoms with Crippen molar-refractivity contribution in [3.05, 3.63) is 108 Å². The minimum absolute atomic E-state index is 0.858. The Morgan fingerprint density at radius 1 is 0.615 bits per heavy atom. The van der Waals surface area contributed by atoms with Crippen LogP contribution >= 0.6 is 0 Å². The van der Waals surface area contributed by atoms with E-state index in [1.54, 1.807) is 0 Å². The number of benzene rings is 4. The van der Waals surface area contributed by atoms with Crippen LogP contribution in [0.4, 0.5) is 0 Å². The molecule has 5 aromatic rings. The van der Waals surface area contributed by atoms with Gasteiger partial charge in [0.1, 0.15) is 11.3 Å². The smallest absolute Gasteiger partial charge is 0.138 e. The van der Waals surface area contributed by atoms with Gasteiger partial charge in [-0.05, 0) is 28.5 Å². The number of rotatable bonds is 3. The number of hydrogen-bond acceptors (Lipinski definition) is 1. The molecule has 124 valence electrons. The van der Waals surface area contributed by atoms with Crippen molar-refractivity contribution in [2.24, 2.45) is 0 Å². The molecule has 0 radical (unpaired) electrons. The largest absolute Gasteiger partial charge is 0.456 e. The van der Waals surface area contributed by atoms with Crippen LogP contribution in [0.3, 0.4) is 0 Å². The zero-order valence-corrected chi connectivity index (χ0v) is 14.4. The highest BCUT2D eigenvalue weighted by Gasteiger charge is 2.17. The van der Waals surface area contributed by atoms with E-state index >= 15 is 0 Å². The van der Waals surface area contributed by atoms with E-state index in [0.29, 0.717) is 0 Å². The van der Waals surface area contributed by atoms with Crippen LogP contribution in [0.25, 0.3) is 33.1 Å². The van der Waals surface area contributed by atoms with Gasteiger partial charge in [0.2, 0.25) is 0 Å². The summed E-state index contributed by atoms with van der Waals surface area (Å²) < 4.78 is 6.37. The van der Waals surface area contributed by atoms with E-state index < -0.39 is 0 Å². The van der Waals surface area contributed by atoms with Gasteiger partial charge in [-0.1, -0.05) is 84.9 Å². The summed E-state index contributed by atoms with van der Waals surface area (Å²) in [6.07, 6.45) is 0.858. The van der Waals surface area contributed by atoms with Crippen LogP contribution in [0.15, 0.2) is 101 Å². The van der Waals surface area contributed by atoms with E-state index in [1.807, 2.05) is 6.07 Å². The van der Waals surface area contributed by atoms with Crippen molar-refractivity contribution in [2.45, 2.75) is 6.42 Å². The second kappa shape index (κ2) is 6.20. The molecule has 0 saturated carbocycles. The molecule has 1 heteroatoms. The van der Waals surface area contributed by atoms with Gasteiger partial charge in [0.25, 0.3) is 0 Å². The lowest BCUT2D eigenvalue weighted by atomic mass is 9.97. The third-order valence-corrected chi connectivity index (χ3v) is 4.92. The Morgan fingerprint density at radius 3 is 1.96 bits per heavy atom. The van der Waals surface area contributed by atoms with Crippen LogP contribution in [0.5, 0.6) is 0 Å². The van der Waals surface area contributed by atoms with Crippen molar-refractivity contribution in [3.63, 3.8) is 0 Å². The highest BCUT2D eigenvalue weighted by molar-refractivity contribution is 5.99. The molecule has 0 N–H and O–H groups in total. The molecule has 1 heterocycles. The van der Waals surface area contributed by atoms with Gasteiger partial charge in [-0.25, -0.2) is 0 Å². The first-order chi connectivity index (χ1) is 12.9. The van der Waals surface area contributed by atoms with E-state index in [0.717, 1.165) is 23.3 Å². The summed E-state index contributed by atoms with van der Waals surface area (Å²) in [6, 6.07) is 33.9. The Hall–Kier alpha value is -3.32. The summed E-state index contributed by atoms with van der Waals surface area (Å²) in [6.45, 7) is 0. The molecule has 0 bridgehead atoms. The first-order valence-corrected chi connectivity index (χ1v) is 8.92. The summed E-state index contributed by atoms with van der Waals surface area (Å²) in [5.74, 6) is 0.972. The average molecular weight is 334 g/mol. The summed E-state index contributed by atoms with van der Waals surface area (Å²) in [5.41, 5.74) is 4.62. The van der Waals surface area contributed by atoms with Gasteiger partial charge in [-0.3, -0.25) is 0 Å². The van der Waals surface area contributed by atoms with E-state index in [9.17, 15) is 0 Å². The van der Waals surface area contributed by atoms with Crippen LogP contribution in [0, 0.1) is 0 Å². The van der Waals surface area contributed by atoms with Crippen LogP contribution in [0.2, 0.25) is 0 Å². The first kappa shape index (κ1) is 15.0. The lowest BCUT2D eigenvalue weighted by Crippen LogP contribution is -1.89. The van der Waals surface area contributed by atoms with Crippen LogP contribution in [0.1, 0.15) is 11.1 Å². The third kappa shape index (κ3) is 2.58. The maximum atomic E-state index is 6.37. The van der Waals surface area contributed by atoms with E-state index in [2.05, 4.69) is 91.0 Å². The van der Waals surface area contributed by atoms with Crippen molar-refractivity contribution >= 4 is 21.7 Å². The lowest BCUT2D eigenvalue weighted by Gasteiger charge is -2.04. The minimum Gasteiger partial charge on any atom is -0.456 e. The Morgan fingerprint density at radius 2 is 1.23 bits per heavy atom. The molecule has 1 nitrogen and oxygen atoms in total. The Kier molecular flexibility index (Phi) is 3.57. The highest BCUT2D eigenvalue weighted by atomic mass is 16.3. The van der Waals surface area contributed by atoms with Crippen LogP contribution < -0.4 is 0 Å². The molecule has 4 aromatic carbocycles. The molecule has 0 unspecified atom stereocenters. The molecule has 0 aliphatic rings. The highest BCUT2D eigenvalue weighted by Crippen LogP contribution is 2.37. The Bertz CT molecular complexity index is 1180. The summed E-state index contributed by atoms with van der Waals surface area (Å²) in [4.78, 5) is 0. The quantitative estimate of drug-likeness (QED) is 0.352. The molecule has 26 heavy (non-hydrogen) atoms. The van der Waals surface area contributed by atoms with E-state index in [4.69, 9.17) is 4.42 Å². The molecule has 0 aliphatic heterocycles. The van der Waals surface area contributed by atoms with Crippen LogP contribution in [-0.2, 0) is 6.42 Å². The Balaban J connectivity index is 1.78. The zero-order chi connectivity index (χ0) is 17.3. The lowest BCUT2D eigenvalue weighted by molar-refractivity contribution is 0.628. The van der Waals surface area contributed by atoms with Gasteiger partial charge in [0.05, 0.1) is 0 Å². The third-order valence-electron chi connectivity index (χ3n) is 4.92. The molecule has 0 saturated heterocycles. The van der Waals surface area contributed by atoms with Crippen molar-refractivity contribution in [2.75, 3.05) is 0 Å². The predicted molar refractivity (Wildman–Crippen MR) is 108 cm³/mol. The van der Waals surface area contributed by atoms with Crippen molar-refractivity contribution < 1.29 is 4.42 Å². The number of furan rings is 1. The molecule has 0 amide bonds. The molecule has 0 spiro atoms. The maximum absolute atomic E-state index is 6.37. The molecule has 1 aromatic heterocycles. The monoisotopic (exact) mass is 334 g/mol. The number of fused-ring (bicyclic) bond motifs is 2. The fraction of sp³-hybridized carbons (Fsp3) is 0.0400. The normalized spacial score (nSPS) is 11.2. The van der Waals surface area contributed by atoms with Crippen molar-refractivity contribution in [1.82, 2.24) is 0 Å². The topological polar surface area (TPSA) is 13.1 Å². The molecular weight excluding hydrogens is 316 g/mol. The van der Waals surface area contributed by atoms with Gasteiger partial charge in [0.15, 0.2) is 0 Å². The van der Waals surface area contributed by atoms with Crippen LogP contribution in [-0.4, -0.2) is 0 Å². The van der Waals surface area contributed by atoms with Crippen molar-refractivity contribution in [1.29, 1.82) is 0 Å². The summed E-state index contributed by atoms with van der Waals surface area (Å²) in [7, 11) is 0. The van der Waals surface area contributed by atoms with E-state index in [-0.39, 0.29) is 0 Å². The molecule has 0 fully saturated rings. The zero-order valence-electron chi connectivity index (χ0n) is 14.4. The van der Waals surface area contributed by atoms with Crippen molar-refractivity contribution in [3.8, 4) is 11.3 Å². The number of hydrogen-bond donors (Lipinski definition) is 0.